The van der Waals surface area contributed by atoms with Crippen LogP contribution in [-0.2, 0) is 10.5 Å². The predicted octanol–water partition coefficient (Wildman–Crippen LogP) is 4.44. The third-order valence-electron chi connectivity index (χ3n) is 4.74. The second kappa shape index (κ2) is 8.71. The fraction of sp³-hybridized carbons (Fsp3) is 0.350. The molecule has 27 heavy (non-hydrogen) atoms. The van der Waals surface area contributed by atoms with Crippen LogP contribution < -0.4 is 0 Å². The van der Waals surface area contributed by atoms with E-state index in [1.807, 2.05) is 35.2 Å². The van der Waals surface area contributed by atoms with Crippen molar-refractivity contribution in [3.63, 3.8) is 0 Å². The zero-order valence-electron chi connectivity index (χ0n) is 14.9. The molecule has 7 heteroatoms. The van der Waals surface area contributed by atoms with Gasteiger partial charge in [-0.1, -0.05) is 35.5 Å². The molecule has 5 nitrogen and oxygen atoms in total. The lowest BCUT2D eigenvalue weighted by Gasteiger charge is -2.30. The molecule has 1 aliphatic rings. The van der Waals surface area contributed by atoms with Crippen molar-refractivity contribution >= 4 is 29.0 Å². The zero-order valence-corrected chi connectivity index (χ0v) is 16.5. The smallest absolute Gasteiger partial charge is 0.232 e. The van der Waals surface area contributed by atoms with Gasteiger partial charge in [-0.15, -0.1) is 11.8 Å². The maximum absolute atomic E-state index is 12.4. The first-order chi connectivity index (χ1) is 13.3. The molecule has 0 saturated carbocycles. The van der Waals surface area contributed by atoms with E-state index in [2.05, 4.69) is 27.0 Å². The molecular weight excluding hydrogens is 378 g/mol. The number of rotatable bonds is 6. The van der Waals surface area contributed by atoms with Crippen molar-refractivity contribution in [3.8, 4) is 11.4 Å². The minimum atomic E-state index is 0.226. The molecule has 0 radical (unpaired) electrons. The Hall–Kier alpha value is -2.12. The molecule has 4 rings (SSSR count). The Kier molecular flexibility index (Phi) is 5.89. The van der Waals surface area contributed by atoms with Gasteiger partial charge < -0.3 is 9.42 Å². The highest BCUT2D eigenvalue weighted by Crippen LogP contribution is 2.29. The van der Waals surface area contributed by atoms with Crippen LogP contribution >= 0.6 is 23.1 Å². The molecule has 2 aromatic heterocycles. The van der Waals surface area contributed by atoms with Crippen molar-refractivity contribution in [2.75, 3.05) is 18.8 Å². The van der Waals surface area contributed by atoms with E-state index in [1.54, 1.807) is 23.1 Å². The van der Waals surface area contributed by atoms with E-state index < -0.39 is 0 Å². The first kappa shape index (κ1) is 18.3. The van der Waals surface area contributed by atoms with E-state index in [9.17, 15) is 4.79 Å². The zero-order chi connectivity index (χ0) is 18.5. The van der Waals surface area contributed by atoms with Crippen LogP contribution in [0.2, 0.25) is 0 Å². The molecule has 1 fully saturated rings. The van der Waals surface area contributed by atoms with Gasteiger partial charge in [-0.2, -0.15) is 16.3 Å². The second-order valence-corrected chi connectivity index (χ2v) is 8.37. The molecule has 0 N–H and O–H groups in total. The van der Waals surface area contributed by atoms with Gasteiger partial charge in [0.05, 0.1) is 5.75 Å². The van der Waals surface area contributed by atoms with Gasteiger partial charge in [0.25, 0.3) is 0 Å². The highest BCUT2D eigenvalue weighted by atomic mass is 32.2. The maximum Gasteiger partial charge on any atom is 0.232 e. The molecule has 0 spiro atoms. The number of nitrogens with zero attached hydrogens (tertiary/aromatic N) is 3. The summed E-state index contributed by atoms with van der Waals surface area (Å²) >= 11 is 3.38. The number of thiophene rings is 1. The van der Waals surface area contributed by atoms with Crippen molar-refractivity contribution in [2.24, 2.45) is 0 Å². The number of hydrogen-bond acceptors (Lipinski definition) is 6. The summed E-state index contributed by atoms with van der Waals surface area (Å²) in [6.45, 7) is 1.51. The monoisotopic (exact) mass is 399 g/mol. The third kappa shape index (κ3) is 4.59. The standard InChI is InChI=1S/C20H21N3O2S2/c24-18(14-27-13-15-8-11-26-12-15)23-9-6-17(7-10-23)20-21-19(22-25-20)16-4-2-1-3-5-16/h1-5,8,11-12,17H,6-7,9-10,13-14H2. The van der Waals surface area contributed by atoms with E-state index >= 15 is 0 Å². The summed E-state index contributed by atoms with van der Waals surface area (Å²) in [6.07, 6.45) is 1.74. The molecule has 0 aliphatic carbocycles. The molecule has 0 bridgehead atoms. The SMILES string of the molecule is O=C(CSCc1ccsc1)N1CCC(c2nc(-c3ccccc3)no2)CC1. The Balaban J connectivity index is 1.26. The Morgan fingerprint density at radius 2 is 2.04 bits per heavy atom. The Morgan fingerprint density at radius 3 is 2.78 bits per heavy atom. The van der Waals surface area contributed by atoms with E-state index in [1.165, 1.54) is 5.56 Å². The Morgan fingerprint density at radius 1 is 1.22 bits per heavy atom. The summed E-state index contributed by atoms with van der Waals surface area (Å²) in [5.41, 5.74) is 2.25. The molecule has 1 aliphatic heterocycles. The first-order valence-corrected chi connectivity index (χ1v) is 11.1. The fourth-order valence-corrected chi connectivity index (χ4v) is 4.85. The summed E-state index contributed by atoms with van der Waals surface area (Å²) in [4.78, 5) is 18.9. The summed E-state index contributed by atoms with van der Waals surface area (Å²) in [6, 6.07) is 12.0. The van der Waals surface area contributed by atoms with Gasteiger partial charge in [-0.3, -0.25) is 4.79 Å². The Labute approximate surface area is 166 Å². The molecule has 0 unspecified atom stereocenters. The number of likely N-dealkylation sites (tertiary alicyclic amines) is 1. The fourth-order valence-electron chi connectivity index (χ4n) is 3.20. The number of carbonyl (C=O) groups excluding carboxylic acids is 1. The number of amides is 1. The minimum absolute atomic E-state index is 0.226. The van der Waals surface area contributed by atoms with Gasteiger partial charge in [0.15, 0.2) is 0 Å². The largest absolute Gasteiger partial charge is 0.342 e. The van der Waals surface area contributed by atoms with Gasteiger partial charge in [-0.05, 0) is 35.2 Å². The lowest BCUT2D eigenvalue weighted by molar-refractivity contribution is -0.129. The molecule has 1 aromatic carbocycles. The van der Waals surface area contributed by atoms with Crippen molar-refractivity contribution in [2.45, 2.75) is 24.5 Å². The van der Waals surface area contributed by atoms with E-state index in [4.69, 9.17) is 4.52 Å². The topological polar surface area (TPSA) is 59.2 Å². The maximum atomic E-state index is 12.4. The normalized spacial score (nSPS) is 15.2. The molecule has 1 amide bonds. The van der Waals surface area contributed by atoms with Crippen LogP contribution in [0.4, 0.5) is 0 Å². The molecule has 1 saturated heterocycles. The van der Waals surface area contributed by atoms with E-state index in [0.29, 0.717) is 17.5 Å². The Bertz CT molecular complexity index is 857. The van der Waals surface area contributed by atoms with Gasteiger partial charge in [0.1, 0.15) is 0 Å². The summed E-state index contributed by atoms with van der Waals surface area (Å²) < 4.78 is 5.49. The third-order valence-corrected chi connectivity index (χ3v) is 6.47. The molecule has 140 valence electrons. The van der Waals surface area contributed by atoms with Crippen LogP contribution in [0.25, 0.3) is 11.4 Å². The van der Waals surface area contributed by atoms with Gasteiger partial charge >= 0.3 is 0 Å². The molecular formula is C20H21N3O2S2. The van der Waals surface area contributed by atoms with E-state index in [-0.39, 0.29) is 11.8 Å². The van der Waals surface area contributed by atoms with Crippen molar-refractivity contribution < 1.29 is 9.32 Å². The second-order valence-electron chi connectivity index (χ2n) is 6.60. The number of aromatic nitrogens is 2. The van der Waals surface area contributed by atoms with Gasteiger partial charge in [0.2, 0.25) is 17.6 Å². The minimum Gasteiger partial charge on any atom is -0.342 e. The highest BCUT2D eigenvalue weighted by molar-refractivity contribution is 7.99. The number of hydrogen-bond donors (Lipinski definition) is 0. The van der Waals surface area contributed by atoms with Gasteiger partial charge in [-0.25, -0.2) is 0 Å². The van der Waals surface area contributed by atoms with Crippen LogP contribution in [0.5, 0.6) is 0 Å². The summed E-state index contributed by atoms with van der Waals surface area (Å²) in [7, 11) is 0. The predicted molar refractivity (Wildman–Crippen MR) is 109 cm³/mol. The number of piperidine rings is 1. The van der Waals surface area contributed by atoms with Crippen LogP contribution in [0.15, 0.2) is 51.7 Å². The van der Waals surface area contributed by atoms with Crippen LogP contribution in [-0.4, -0.2) is 39.8 Å². The molecule has 3 aromatic rings. The quantitative estimate of drug-likeness (QED) is 0.613. The van der Waals surface area contributed by atoms with Crippen molar-refractivity contribution in [1.29, 1.82) is 0 Å². The average Bonchev–Trinajstić information content (AvgIpc) is 3.41. The lowest BCUT2D eigenvalue weighted by Crippen LogP contribution is -2.39. The van der Waals surface area contributed by atoms with Gasteiger partial charge in [0, 0.05) is 30.3 Å². The van der Waals surface area contributed by atoms with Crippen molar-refractivity contribution in [3.05, 3.63) is 58.6 Å². The highest BCUT2D eigenvalue weighted by Gasteiger charge is 2.27. The number of benzene rings is 1. The van der Waals surface area contributed by atoms with Crippen LogP contribution in [0.3, 0.4) is 0 Å². The molecule has 3 heterocycles. The van der Waals surface area contributed by atoms with Crippen LogP contribution in [0.1, 0.15) is 30.2 Å². The van der Waals surface area contributed by atoms with Crippen molar-refractivity contribution in [1.82, 2.24) is 15.0 Å². The lowest BCUT2D eigenvalue weighted by atomic mass is 9.97. The molecule has 0 atom stereocenters. The number of carbonyl (C=O) groups is 1. The number of thioether (sulfide) groups is 1. The van der Waals surface area contributed by atoms with E-state index in [0.717, 1.165) is 37.2 Å². The van der Waals surface area contributed by atoms with Crippen LogP contribution in [0, 0.1) is 0 Å². The average molecular weight is 400 g/mol. The summed E-state index contributed by atoms with van der Waals surface area (Å²) in [5.74, 6) is 3.22. The summed E-state index contributed by atoms with van der Waals surface area (Å²) in [5, 5.41) is 8.32. The first-order valence-electron chi connectivity index (χ1n) is 9.05.